The highest BCUT2D eigenvalue weighted by atomic mass is 35.5. The molecule has 2 aromatic rings. The molecule has 8 nitrogen and oxygen atoms in total. The molecule has 2 saturated heterocycles. The van der Waals surface area contributed by atoms with Gasteiger partial charge in [-0.05, 0) is 49.6 Å². The average Bonchev–Trinajstić information content (AvgIpc) is 2.89. The van der Waals surface area contributed by atoms with Crippen LogP contribution in [0.1, 0.15) is 18.4 Å². The van der Waals surface area contributed by atoms with E-state index in [0.29, 0.717) is 49.8 Å². The van der Waals surface area contributed by atoms with E-state index in [9.17, 15) is 13.2 Å². The van der Waals surface area contributed by atoms with Crippen LogP contribution in [0, 0.1) is 12.8 Å². The molecule has 0 spiro atoms. The predicted octanol–water partition coefficient (Wildman–Crippen LogP) is 3.42. The molecule has 0 aromatic heterocycles. The molecule has 0 radical (unpaired) electrons. The lowest BCUT2D eigenvalue weighted by Gasteiger charge is -2.39. The molecule has 0 unspecified atom stereocenters. The molecular weight excluding hydrogens is 490 g/mol. The summed E-state index contributed by atoms with van der Waals surface area (Å²) in [5.74, 6) is 0.662. The quantitative estimate of drug-likeness (QED) is 0.579. The molecule has 0 N–H and O–H groups in total. The maximum Gasteiger partial charge on any atom is 0.246 e. The monoisotopic (exact) mass is 521 g/mol. The van der Waals surface area contributed by atoms with E-state index in [4.69, 9.17) is 21.1 Å². The van der Waals surface area contributed by atoms with Crippen molar-refractivity contribution in [2.75, 3.05) is 58.4 Å². The van der Waals surface area contributed by atoms with Crippen molar-refractivity contribution >= 4 is 33.2 Å². The van der Waals surface area contributed by atoms with E-state index in [0.717, 1.165) is 24.3 Å². The van der Waals surface area contributed by atoms with Crippen LogP contribution >= 0.6 is 11.6 Å². The van der Waals surface area contributed by atoms with Gasteiger partial charge in [0, 0.05) is 62.0 Å². The number of aryl methyl sites for hydroxylation is 1. The first-order chi connectivity index (χ1) is 16.7. The zero-order valence-corrected chi connectivity index (χ0v) is 21.9. The smallest absolute Gasteiger partial charge is 0.246 e. The van der Waals surface area contributed by atoms with E-state index in [1.807, 2.05) is 23.1 Å². The number of benzene rings is 2. The van der Waals surface area contributed by atoms with Crippen molar-refractivity contribution in [1.82, 2.24) is 9.21 Å². The lowest BCUT2D eigenvalue weighted by atomic mass is 9.96. The Bertz CT molecular complexity index is 1170. The summed E-state index contributed by atoms with van der Waals surface area (Å²) in [6.45, 7) is 5.42. The number of sulfonamides is 1. The van der Waals surface area contributed by atoms with Crippen LogP contribution in [0.25, 0.3) is 0 Å². The van der Waals surface area contributed by atoms with Crippen molar-refractivity contribution in [3.8, 4) is 11.5 Å². The SMILES string of the molecule is COc1ccc(OC)c(S(=O)(=O)N2CCC(C(=O)N3CCN(c4cc(Cl)ccc4C)CC3)CC2)c1. The summed E-state index contributed by atoms with van der Waals surface area (Å²) in [7, 11) is -0.836. The summed E-state index contributed by atoms with van der Waals surface area (Å²) in [4.78, 5) is 17.5. The van der Waals surface area contributed by atoms with Gasteiger partial charge in [0.05, 0.1) is 14.2 Å². The molecule has 2 aromatic carbocycles. The fraction of sp³-hybridized carbons (Fsp3) is 0.480. The van der Waals surface area contributed by atoms with Gasteiger partial charge in [0.15, 0.2) is 0 Å². The first-order valence-electron chi connectivity index (χ1n) is 11.8. The van der Waals surface area contributed by atoms with Gasteiger partial charge in [0.1, 0.15) is 16.4 Å². The third kappa shape index (κ3) is 5.37. The van der Waals surface area contributed by atoms with Crippen LogP contribution in [-0.4, -0.2) is 77.0 Å². The second kappa shape index (κ2) is 10.6. The lowest BCUT2D eigenvalue weighted by molar-refractivity contribution is -0.137. The van der Waals surface area contributed by atoms with Gasteiger partial charge in [-0.1, -0.05) is 17.7 Å². The zero-order chi connectivity index (χ0) is 25.2. The Hall–Kier alpha value is -2.49. The van der Waals surface area contributed by atoms with Crippen LogP contribution < -0.4 is 14.4 Å². The Morgan fingerprint density at radius 1 is 0.943 bits per heavy atom. The van der Waals surface area contributed by atoms with Crippen LogP contribution in [0.4, 0.5) is 5.69 Å². The number of rotatable bonds is 6. The number of methoxy groups -OCH3 is 2. The van der Waals surface area contributed by atoms with E-state index < -0.39 is 10.0 Å². The summed E-state index contributed by atoms with van der Waals surface area (Å²) < 4.78 is 38.6. The van der Waals surface area contributed by atoms with Crippen LogP contribution in [0.3, 0.4) is 0 Å². The van der Waals surface area contributed by atoms with Gasteiger partial charge in [-0.3, -0.25) is 4.79 Å². The van der Waals surface area contributed by atoms with Gasteiger partial charge < -0.3 is 19.3 Å². The second-order valence-electron chi connectivity index (χ2n) is 8.94. The Kier molecular flexibility index (Phi) is 7.78. The number of hydrogen-bond acceptors (Lipinski definition) is 6. The standard InChI is InChI=1S/C25H32ClN3O5S/c1-18-4-5-20(26)16-22(18)27-12-14-28(15-13-27)25(30)19-8-10-29(11-9-19)35(31,32)24-17-21(33-2)6-7-23(24)34-3/h4-7,16-17,19H,8-15H2,1-3H3. The number of anilines is 1. The van der Waals surface area contributed by atoms with Crippen LogP contribution in [0.5, 0.6) is 11.5 Å². The van der Waals surface area contributed by atoms with E-state index in [1.165, 1.54) is 24.6 Å². The topological polar surface area (TPSA) is 79.4 Å². The number of ether oxygens (including phenoxy) is 2. The maximum atomic E-state index is 13.3. The van der Waals surface area contributed by atoms with Crippen molar-refractivity contribution < 1.29 is 22.7 Å². The predicted molar refractivity (Wildman–Crippen MR) is 136 cm³/mol. The van der Waals surface area contributed by atoms with Crippen molar-refractivity contribution in [3.05, 3.63) is 47.0 Å². The van der Waals surface area contributed by atoms with E-state index in [1.54, 1.807) is 12.1 Å². The molecule has 35 heavy (non-hydrogen) atoms. The zero-order valence-electron chi connectivity index (χ0n) is 20.4. The first kappa shape index (κ1) is 25.6. The van der Waals surface area contributed by atoms with Gasteiger partial charge in [0.2, 0.25) is 15.9 Å². The minimum atomic E-state index is -3.77. The molecule has 10 heteroatoms. The fourth-order valence-electron chi connectivity index (χ4n) is 4.82. The summed E-state index contributed by atoms with van der Waals surface area (Å²) in [5, 5.41) is 0.706. The second-order valence-corrected chi connectivity index (χ2v) is 11.3. The average molecular weight is 522 g/mol. The number of piperidine rings is 1. The largest absolute Gasteiger partial charge is 0.497 e. The summed E-state index contributed by atoms with van der Waals surface area (Å²) in [6, 6.07) is 10.6. The molecule has 0 atom stereocenters. The van der Waals surface area contributed by atoms with Gasteiger partial charge in [-0.15, -0.1) is 0 Å². The number of piperazine rings is 1. The minimum Gasteiger partial charge on any atom is -0.497 e. The molecular formula is C25H32ClN3O5S. The van der Waals surface area contributed by atoms with Crippen LogP contribution in [0.2, 0.25) is 5.02 Å². The van der Waals surface area contributed by atoms with Crippen molar-refractivity contribution in [2.24, 2.45) is 5.92 Å². The Morgan fingerprint density at radius 2 is 1.63 bits per heavy atom. The molecule has 2 aliphatic rings. The molecule has 2 fully saturated rings. The Morgan fingerprint density at radius 3 is 2.26 bits per heavy atom. The molecule has 4 rings (SSSR count). The van der Waals surface area contributed by atoms with Gasteiger partial charge in [-0.2, -0.15) is 4.31 Å². The third-order valence-electron chi connectivity index (χ3n) is 6.89. The Labute approximate surface area is 212 Å². The molecule has 2 heterocycles. The van der Waals surface area contributed by atoms with Gasteiger partial charge in [0.25, 0.3) is 0 Å². The maximum absolute atomic E-state index is 13.3. The van der Waals surface area contributed by atoms with Crippen molar-refractivity contribution in [1.29, 1.82) is 0 Å². The molecule has 2 aliphatic heterocycles. The molecule has 190 valence electrons. The number of carbonyl (C=O) groups excluding carboxylic acids is 1. The summed E-state index contributed by atoms with van der Waals surface area (Å²) in [5.41, 5.74) is 2.27. The summed E-state index contributed by atoms with van der Waals surface area (Å²) >= 11 is 6.18. The molecule has 1 amide bonds. The fourth-order valence-corrected chi connectivity index (χ4v) is 6.62. The highest BCUT2D eigenvalue weighted by Crippen LogP contribution is 2.33. The third-order valence-corrected chi connectivity index (χ3v) is 9.05. The number of nitrogens with zero attached hydrogens (tertiary/aromatic N) is 3. The van der Waals surface area contributed by atoms with Crippen molar-refractivity contribution in [3.63, 3.8) is 0 Å². The number of amides is 1. The van der Waals surface area contributed by atoms with E-state index >= 15 is 0 Å². The lowest BCUT2D eigenvalue weighted by Crippen LogP contribution is -2.52. The Balaban J connectivity index is 1.36. The van der Waals surface area contributed by atoms with E-state index in [2.05, 4.69) is 11.8 Å². The van der Waals surface area contributed by atoms with Crippen LogP contribution in [-0.2, 0) is 14.8 Å². The van der Waals surface area contributed by atoms with Gasteiger partial charge in [-0.25, -0.2) is 8.42 Å². The highest BCUT2D eigenvalue weighted by molar-refractivity contribution is 7.89. The first-order valence-corrected chi connectivity index (χ1v) is 13.6. The molecule has 0 aliphatic carbocycles. The van der Waals surface area contributed by atoms with Crippen molar-refractivity contribution in [2.45, 2.75) is 24.7 Å². The summed E-state index contributed by atoms with van der Waals surface area (Å²) in [6.07, 6.45) is 0.996. The molecule has 0 bridgehead atoms. The number of hydrogen-bond donors (Lipinski definition) is 0. The minimum absolute atomic E-state index is 0.0801. The molecule has 0 saturated carbocycles. The van der Waals surface area contributed by atoms with Gasteiger partial charge >= 0.3 is 0 Å². The normalized spacial score (nSPS) is 17.9. The highest BCUT2D eigenvalue weighted by Gasteiger charge is 2.36. The van der Waals surface area contributed by atoms with E-state index in [-0.39, 0.29) is 22.5 Å². The number of halogens is 1. The number of carbonyl (C=O) groups is 1. The van der Waals surface area contributed by atoms with Crippen LogP contribution in [0.15, 0.2) is 41.3 Å².